The zero-order chi connectivity index (χ0) is 13.7. The second kappa shape index (κ2) is 7.01. The molecule has 0 aromatic carbocycles. The summed E-state index contributed by atoms with van der Waals surface area (Å²) in [6.07, 6.45) is 6.75. The van der Waals surface area contributed by atoms with Crippen LogP contribution in [0, 0.1) is 5.92 Å². The Kier molecular flexibility index (Phi) is 5.34. The van der Waals surface area contributed by atoms with E-state index in [4.69, 9.17) is 4.74 Å². The molecule has 1 aliphatic rings. The van der Waals surface area contributed by atoms with Gasteiger partial charge >= 0.3 is 0 Å². The fraction of sp³-hybridized carbons (Fsp3) is 0.857. The molecule has 2 rings (SSSR count). The lowest BCUT2D eigenvalue weighted by Gasteiger charge is -2.37. The van der Waals surface area contributed by atoms with E-state index >= 15 is 0 Å². The molecule has 19 heavy (non-hydrogen) atoms. The summed E-state index contributed by atoms with van der Waals surface area (Å²) in [4.78, 5) is 4.36. The third-order valence-corrected chi connectivity index (χ3v) is 4.05. The number of nitrogens with one attached hydrogen (secondary N) is 1. The van der Waals surface area contributed by atoms with Gasteiger partial charge in [0.15, 0.2) is 0 Å². The first-order valence-electron chi connectivity index (χ1n) is 7.42. The van der Waals surface area contributed by atoms with Crippen molar-refractivity contribution in [1.82, 2.24) is 20.1 Å². The van der Waals surface area contributed by atoms with Crippen molar-refractivity contribution in [2.45, 2.75) is 58.2 Å². The Hall–Kier alpha value is -0.940. The van der Waals surface area contributed by atoms with Crippen LogP contribution in [0.15, 0.2) is 6.33 Å². The minimum Gasteiger partial charge on any atom is -0.378 e. The van der Waals surface area contributed by atoms with Crippen LogP contribution in [0.4, 0.5) is 0 Å². The molecule has 5 heteroatoms. The Balaban J connectivity index is 1.78. The molecule has 0 spiro atoms. The summed E-state index contributed by atoms with van der Waals surface area (Å²) in [5.41, 5.74) is 0. The van der Waals surface area contributed by atoms with Crippen LogP contribution < -0.4 is 5.32 Å². The Labute approximate surface area is 115 Å². The predicted molar refractivity (Wildman–Crippen MR) is 75.0 cm³/mol. The van der Waals surface area contributed by atoms with Crippen LogP contribution in [0.25, 0.3) is 0 Å². The largest absolute Gasteiger partial charge is 0.378 e. The monoisotopic (exact) mass is 266 g/mol. The Bertz CT molecular complexity index is 373. The van der Waals surface area contributed by atoms with Gasteiger partial charge < -0.3 is 10.1 Å². The van der Waals surface area contributed by atoms with Gasteiger partial charge in [-0.1, -0.05) is 0 Å². The van der Waals surface area contributed by atoms with Crippen LogP contribution >= 0.6 is 0 Å². The van der Waals surface area contributed by atoms with Crippen LogP contribution in [0.3, 0.4) is 0 Å². The van der Waals surface area contributed by atoms with Crippen molar-refractivity contribution in [2.75, 3.05) is 13.7 Å². The number of nitrogens with zero attached hydrogens (tertiary/aromatic N) is 3. The fourth-order valence-electron chi connectivity index (χ4n) is 2.88. The predicted octanol–water partition coefficient (Wildman–Crippen LogP) is 1.63. The van der Waals surface area contributed by atoms with Gasteiger partial charge in [0.05, 0.1) is 6.10 Å². The first kappa shape index (κ1) is 14.5. The molecule has 108 valence electrons. The van der Waals surface area contributed by atoms with Gasteiger partial charge in [0, 0.05) is 25.6 Å². The highest BCUT2D eigenvalue weighted by Gasteiger charge is 2.31. The summed E-state index contributed by atoms with van der Waals surface area (Å²) in [6.45, 7) is 5.90. The summed E-state index contributed by atoms with van der Waals surface area (Å²) >= 11 is 0. The normalized spacial score (nSPS) is 24.2. The van der Waals surface area contributed by atoms with E-state index in [9.17, 15) is 0 Å². The van der Waals surface area contributed by atoms with Gasteiger partial charge in [0.2, 0.25) is 0 Å². The van der Waals surface area contributed by atoms with Crippen molar-refractivity contribution >= 4 is 0 Å². The third-order valence-electron chi connectivity index (χ3n) is 4.05. The third kappa shape index (κ3) is 3.76. The average molecular weight is 266 g/mol. The number of likely N-dealkylation sites (N-methyl/N-ethyl adjacent to an activating group) is 1. The highest BCUT2D eigenvalue weighted by Crippen LogP contribution is 2.33. The molecule has 1 aromatic heterocycles. The zero-order valence-corrected chi connectivity index (χ0v) is 12.3. The van der Waals surface area contributed by atoms with Crippen LogP contribution in [0.2, 0.25) is 0 Å². The lowest BCUT2D eigenvalue weighted by molar-refractivity contribution is -0.0289. The molecule has 5 nitrogen and oxygen atoms in total. The lowest BCUT2D eigenvalue weighted by Crippen LogP contribution is -2.38. The van der Waals surface area contributed by atoms with Crippen LogP contribution in [0.1, 0.15) is 38.9 Å². The van der Waals surface area contributed by atoms with E-state index in [1.165, 1.54) is 19.3 Å². The summed E-state index contributed by atoms with van der Waals surface area (Å²) in [5.74, 6) is 1.88. The van der Waals surface area contributed by atoms with Crippen LogP contribution in [-0.2, 0) is 17.7 Å². The second-order valence-electron chi connectivity index (χ2n) is 5.33. The number of ether oxygens (including phenoxy) is 1. The van der Waals surface area contributed by atoms with Crippen molar-refractivity contribution in [3.05, 3.63) is 12.2 Å². The van der Waals surface area contributed by atoms with Crippen molar-refractivity contribution in [2.24, 2.45) is 5.92 Å². The van der Waals surface area contributed by atoms with E-state index in [-0.39, 0.29) is 0 Å². The smallest absolute Gasteiger partial charge is 0.138 e. The topological polar surface area (TPSA) is 52.0 Å². The van der Waals surface area contributed by atoms with E-state index < -0.39 is 0 Å². The van der Waals surface area contributed by atoms with E-state index in [0.29, 0.717) is 12.1 Å². The van der Waals surface area contributed by atoms with Crippen molar-refractivity contribution in [3.8, 4) is 0 Å². The first-order valence-corrected chi connectivity index (χ1v) is 7.42. The summed E-state index contributed by atoms with van der Waals surface area (Å²) < 4.78 is 7.60. The van der Waals surface area contributed by atoms with Gasteiger partial charge in [-0.2, -0.15) is 5.10 Å². The van der Waals surface area contributed by atoms with Crippen molar-refractivity contribution in [1.29, 1.82) is 0 Å². The average Bonchev–Trinajstić information content (AvgIpc) is 2.82. The maximum Gasteiger partial charge on any atom is 0.138 e. The van der Waals surface area contributed by atoms with E-state index in [1.54, 1.807) is 6.33 Å². The first-order chi connectivity index (χ1) is 9.26. The highest BCUT2D eigenvalue weighted by molar-refractivity contribution is 4.92. The quantitative estimate of drug-likeness (QED) is 0.777. The molecule has 1 N–H and O–H groups in total. The molecule has 0 amide bonds. The summed E-state index contributed by atoms with van der Waals surface area (Å²) in [7, 11) is 2.04. The van der Waals surface area contributed by atoms with Gasteiger partial charge in [-0.3, -0.25) is 4.68 Å². The van der Waals surface area contributed by atoms with Gasteiger partial charge in [-0.25, -0.2) is 4.98 Å². The molecular weight excluding hydrogens is 240 g/mol. The van der Waals surface area contributed by atoms with Crippen molar-refractivity contribution in [3.63, 3.8) is 0 Å². The fourth-order valence-corrected chi connectivity index (χ4v) is 2.88. The molecule has 1 aromatic rings. The number of rotatable bonds is 8. The van der Waals surface area contributed by atoms with Gasteiger partial charge in [0.25, 0.3) is 0 Å². The zero-order valence-electron chi connectivity index (χ0n) is 12.3. The molecule has 1 fully saturated rings. The van der Waals surface area contributed by atoms with Gasteiger partial charge in [-0.05, 0) is 46.1 Å². The van der Waals surface area contributed by atoms with E-state index in [2.05, 4.69) is 29.2 Å². The maximum atomic E-state index is 5.62. The molecule has 0 saturated heterocycles. The standard InChI is InChI=1S/C14H26N4O/c1-4-18-14(16-10-17-18)9-12(15-3)6-11-7-13(8-11)19-5-2/h10-13,15H,4-9H2,1-3H3. The Morgan fingerprint density at radius 1 is 1.47 bits per heavy atom. The molecule has 0 aliphatic heterocycles. The molecule has 0 radical (unpaired) electrons. The second-order valence-corrected chi connectivity index (χ2v) is 5.33. The van der Waals surface area contributed by atoms with Gasteiger partial charge in [0.1, 0.15) is 12.2 Å². The van der Waals surface area contributed by atoms with Gasteiger partial charge in [-0.15, -0.1) is 0 Å². The molecule has 1 aliphatic carbocycles. The molecule has 1 saturated carbocycles. The minimum atomic E-state index is 0.488. The SMILES string of the molecule is CCOC1CC(CC(Cc2ncnn2CC)NC)C1. The number of hydrogen-bond acceptors (Lipinski definition) is 4. The maximum absolute atomic E-state index is 5.62. The summed E-state index contributed by atoms with van der Waals surface area (Å²) in [6, 6.07) is 0.488. The van der Waals surface area contributed by atoms with Crippen LogP contribution in [0.5, 0.6) is 0 Å². The Morgan fingerprint density at radius 3 is 2.89 bits per heavy atom. The lowest BCUT2D eigenvalue weighted by atomic mass is 9.77. The number of hydrogen-bond donors (Lipinski definition) is 1. The summed E-state index contributed by atoms with van der Waals surface area (Å²) in [5, 5.41) is 7.65. The Morgan fingerprint density at radius 2 is 2.26 bits per heavy atom. The van der Waals surface area contributed by atoms with E-state index in [1.807, 2.05) is 11.7 Å². The molecule has 1 heterocycles. The molecule has 0 bridgehead atoms. The van der Waals surface area contributed by atoms with E-state index in [0.717, 1.165) is 31.3 Å². The van der Waals surface area contributed by atoms with Crippen molar-refractivity contribution < 1.29 is 4.74 Å². The number of aromatic nitrogens is 3. The highest BCUT2D eigenvalue weighted by atomic mass is 16.5. The number of aryl methyl sites for hydroxylation is 1. The molecular formula is C14H26N4O. The molecule has 1 unspecified atom stereocenters. The minimum absolute atomic E-state index is 0.488. The van der Waals surface area contributed by atoms with Crippen LogP contribution in [-0.4, -0.2) is 40.6 Å². The molecule has 1 atom stereocenters.